The fourth-order valence-corrected chi connectivity index (χ4v) is 1.78. The van der Waals surface area contributed by atoms with Gasteiger partial charge in [0.05, 0.1) is 6.42 Å². The summed E-state index contributed by atoms with van der Waals surface area (Å²) >= 11 is 0. The van der Waals surface area contributed by atoms with E-state index in [9.17, 15) is 18.7 Å². The van der Waals surface area contributed by atoms with Crippen LogP contribution in [0.5, 0.6) is 11.5 Å². The first-order valence-corrected chi connectivity index (χ1v) is 6.15. The number of rotatable bonds is 5. The van der Waals surface area contributed by atoms with Gasteiger partial charge in [0.25, 0.3) is 0 Å². The average Bonchev–Trinajstić information content (AvgIpc) is 2.40. The van der Waals surface area contributed by atoms with Gasteiger partial charge >= 0.3 is 6.61 Å². The number of carbonyl (C=O) groups is 1. The third-order valence-corrected chi connectivity index (χ3v) is 2.64. The van der Waals surface area contributed by atoms with E-state index in [1.165, 1.54) is 36.4 Å². The van der Waals surface area contributed by atoms with Gasteiger partial charge in [-0.2, -0.15) is 8.78 Å². The Morgan fingerprint density at radius 1 is 1.19 bits per heavy atom. The zero-order valence-corrected chi connectivity index (χ0v) is 10.9. The zero-order chi connectivity index (χ0) is 15.2. The molecule has 0 heterocycles. The van der Waals surface area contributed by atoms with Gasteiger partial charge < -0.3 is 15.2 Å². The summed E-state index contributed by atoms with van der Waals surface area (Å²) in [6.07, 6.45) is 0.101. The SMILES string of the molecule is O=C(Cc1cccc(O)c1)Nc1ccc(OC(F)F)cc1. The van der Waals surface area contributed by atoms with Crippen molar-refractivity contribution in [1.82, 2.24) is 0 Å². The lowest BCUT2D eigenvalue weighted by molar-refractivity contribution is -0.115. The molecule has 0 fully saturated rings. The van der Waals surface area contributed by atoms with E-state index in [2.05, 4.69) is 10.1 Å². The lowest BCUT2D eigenvalue weighted by Crippen LogP contribution is -2.14. The molecule has 2 rings (SSSR count). The van der Waals surface area contributed by atoms with E-state index in [-0.39, 0.29) is 23.8 Å². The molecule has 0 bridgehead atoms. The Bertz CT molecular complexity index is 615. The fraction of sp³-hybridized carbons (Fsp3) is 0.133. The number of hydrogen-bond acceptors (Lipinski definition) is 3. The molecule has 0 saturated carbocycles. The second-order valence-corrected chi connectivity index (χ2v) is 4.30. The van der Waals surface area contributed by atoms with Gasteiger partial charge in [-0.1, -0.05) is 12.1 Å². The van der Waals surface area contributed by atoms with Crippen LogP contribution in [0.15, 0.2) is 48.5 Å². The summed E-state index contributed by atoms with van der Waals surface area (Å²) in [5, 5.41) is 11.9. The molecule has 0 unspecified atom stereocenters. The number of ether oxygens (including phenoxy) is 1. The molecule has 21 heavy (non-hydrogen) atoms. The monoisotopic (exact) mass is 293 g/mol. The van der Waals surface area contributed by atoms with Crippen LogP contribution in [0.1, 0.15) is 5.56 Å². The number of hydrogen-bond donors (Lipinski definition) is 2. The van der Waals surface area contributed by atoms with E-state index in [1.807, 2.05) is 0 Å². The molecule has 2 aromatic carbocycles. The normalized spacial score (nSPS) is 10.4. The Morgan fingerprint density at radius 2 is 1.90 bits per heavy atom. The number of benzene rings is 2. The Hall–Kier alpha value is -2.63. The molecule has 0 atom stereocenters. The first-order valence-electron chi connectivity index (χ1n) is 6.15. The molecule has 1 amide bonds. The predicted molar refractivity (Wildman–Crippen MR) is 73.5 cm³/mol. The van der Waals surface area contributed by atoms with Crippen LogP contribution in [0.4, 0.5) is 14.5 Å². The Balaban J connectivity index is 1.93. The molecule has 0 aliphatic carbocycles. The third kappa shape index (κ3) is 4.76. The van der Waals surface area contributed by atoms with E-state index >= 15 is 0 Å². The quantitative estimate of drug-likeness (QED) is 0.890. The maximum absolute atomic E-state index is 12.0. The summed E-state index contributed by atoms with van der Waals surface area (Å²) in [6, 6.07) is 12.0. The molecule has 6 heteroatoms. The second-order valence-electron chi connectivity index (χ2n) is 4.30. The van der Waals surface area contributed by atoms with Crippen molar-refractivity contribution in [2.24, 2.45) is 0 Å². The van der Waals surface area contributed by atoms with Crippen molar-refractivity contribution in [1.29, 1.82) is 0 Å². The highest BCUT2D eigenvalue weighted by atomic mass is 19.3. The number of alkyl halides is 2. The summed E-state index contributed by atoms with van der Waals surface area (Å²) in [4.78, 5) is 11.8. The number of phenols is 1. The minimum absolute atomic E-state index is 0.0241. The summed E-state index contributed by atoms with van der Waals surface area (Å²) in [7, 11) is 0. The first-order chi connectivity index (χ1) is 10.0. The number of amides is 1. The maximum atomic E-state index is 12.0. The van der Waals surface area contributed by atoms with Gasteiger partial charge in [-0.3, -0.25) is 4.79 Å². The van der Waals surface area contributed by atoms with Crippen LogP contribution in [-0.4, -0.2) is 17.6 Å². The summed E-state index contributed by atoms with van der Waals surface area (Å²) in [5.41, 5.74) is 1.15. The van der Waals surface area contributed by atoms with E-state index < -0.39 is 6.61 Å². The molecule has 110 valence electrons. The standard InChI is InChI=1S/C15H13F2NO3/c16-15(17)21-13-6-4-11(5-7-13)18-14(20)9-10-2-1-3-12(19)8-10/h1-8,15,19H,9H2,(H,18,20). The molecule has 0 aliphatic rings. The zero-order valence-electron chi connectivity index (χ0n) is 10.9. The molecule has 0 aliphatic heterocycles. The third-order valence-electron chi connectivity index (χ3n) is 2.64. The van der Waals surface area contributed by atoms with E-state index in [0.717, 1.165) is 0 Å². The van der Waals surface area contributed by atoms with Crippen molar-refractivity contribution in [2.75, 3.05) is 5.32 Å². The van der Waals surface area contributed by atoms with E-state index in [0.29, 0.717) is 11.3 Å². The minimum Gasteiger partial charge on any atom is -0.508 e. The number of carbonyl (C=O) groups excluding carboxylic acids is 1. The van der Waals surface area contributed by atoms with Crippen LogP contribution in [-0.2, 0) is 11.2 Å². The lowest BCUT2D eigenvalue weighted by atomic mass is 10.1. The molecule has 0 aromatic heterocycles. The van der Waals surface area contributed by atoms with Gasteiger partial charge in [-0.25, -0.2) is 0 Å². The fourth-order valence-electron chi connectivity index (χ4n) is 1.78. The highest BCUT2D eigenvalue weighted by Gasteiger charge is 2.07. The van der Waals surface area contributed by atoms with Crippen LogP contribution in [0.3, 0.4) is 0 Å². The van der Waals surface area contributed by atoms with Crippen molar-refractivity contribution < 1.29 is 23.4 Å². The molecule has 0 radical (unpaired) electrons. The Kier molecular flexibility index (Phi) is 4.71. The number of halogens is 2. The molecule has 4 nitrogen and oxygen atoms in total. The molecule has 0 spiro atoms. The molecule has 0 saturated heterocycles. The van der Waals surface area contributed by atoms with Crippen molar-refractivity contribution in [3.63, 3.8) is 0 Å². The van der Waals surface area contributed by atoms with Crippen molar-refractivity contribution in [2.45, 2.75) is 13.0 Å². The van der Waals surface area contributed by atoms with Crippen LogP contribution >= 0.6 is 0 Å². The van der Waals surface area contributed by atoms with E-state index in [1.54, 1.807) is 12.1 Å². The minimum atomic E-state index is -2.88. The summed E-state index contributed by atoms with van der Waals surface area (Å²) in [5.74, 6) is -0.159. The number of phenolic OH excluding ortho intramolecular Hbond substituents is 1. The topological polar surface area (TPSA) is 58.6 Å². The van der Waals surface area contributed by atoms with Gasteiger partial charge in [0.1, 0.15) is 11.5 Å². The van der Waals surface area contributed by atoms with Crippen LogP contribution < -0.4 is 10.1 Å². The summed E-state index contributed by atoms with van der Waals surface area (Å²) < 4.78 is 28.2. The molecular formula is C15H13F2NO3. The highest BCUT2D eigenvalue weighted by Crippen LogP contribution is 2.18. The lowest BCUT2D eigenvalue weighted by Gasteiger charge is -2.08. The van der Waals surface area contributed by atoms with Gasteiger partial charge in [0.15, 0.2) is 0 Å². The van der Waals surface area contributed by atoms with Crippen LogP contribution in [0.2, 0.25) is 0 Å². The number of anilines is 1. The first kappa shape index (κ1) is 14.8. The highest BCUT2D eigenvalue weighted by molar-refractivity contribution is 5.92. The van der Waals surface area contributed by atoms with Crippen molar-refractivity contribution in [3.8, 4) is 11.5 Å². The largest absolute Gasteiger partial charge is 0.508 e. The van der Waals surface area contributed by atoms with Gasteiger partial charge in [-0.15, -0.1) is 0 Å². The Labute approximate surface area is 120 Å². The molecular weight excluding hydrogens is 280 g/mol. The van der Waals surface area contributed by atoms with Crippen molar-refractivity contribution in [3.05, 3.63) is 54.1 Å². The molecule has 2 N–H and O–H groups in total. The smallest absolute Gasteiger partial charge is 0.387 e. The van der Waals surface area contributed by atoms with Gasteiger partial charge in [-0.05, 0) is 42.0 Å². The second kappa shape index (κ2) is 6.69. The van der Waals surface area contributed by atoms with Gasteiger partial charge in [0.2, 0.25) is 5.91 Å². The van der Waals surface area contributed by atoms with E-state index in [4.69, 9.17) is 0 Å². The predicted octanol–water partition coefficient (Wildman–Crippen LogP) is 3.17. The maximum Gasteiger partial charge on any atom is 0.387 e. The van der Waals surface area contributed by atoms with Crippen LogP contribution in [0, 0.1) is 0 Å². The number of aromatic hydroxyl groups is 1. The summed E-state index contributed by atoms with van der Waals surface area (Å²) in [6.45, 7) is -2.88. The average molecular weight is 293 g/mol. The van der Waals surface area contributed by atoms with Crippen LogP contribution in [0.25, 0.3) is 0 Å². The Morgan fingerprint density at radius 3 is 2.52 bits per heavy atom. The van der Waals surface area contributed by atoms with Crippen molar-refractivity contribution >= 4 is 11.6 Å². The van der Waals surface area contributed by atoms with Gasteiger partial charge in [0, 0.05) is 5.69 Å². The molecule has 2 aromatic rings. The number of nitrogens with one attached hydrogen (secondary N) is 1.